The number of anilines is 1. The van der Waals surface area contributed by atoms with Crippen molar-refractivity contribution in [1.29, 1.82) is 0 Å². The highest BCUT2D eigenvalue weighted by molar-refractivity contribution is 9.10. The maximum Gasteiger partial charge on any atom is 0.146 e. The first-order chi connectivity index (χ1) is 10.3. The summed E-state index contributed by atoms with van der Waals surface area (Å²) in [5, 5.41) is 3.45. The lowest BCUT2D eigenvalue weighted by Gasteiger charge is -2.38. The number of hydrogen-bond acceptors (Lipinski definition) is 1. The maximum absolute atomic E-state index is 14.2. The van der Waals surface area contributed by atoms with Gasteiger partial charge in [0.1, 0.15) is 5.82 Å². The standard InChI is InChI=1S/C18H15BrFN/c19-15-9-2-1-5-14(15)17-12-7-3-6-11(12)13-8-4-10-16(20)18(13)21-17/h1-6,8-12,17,21H,7H2/t11-,12-,17+/m1/s1. The van der Waals surface area contributed by atoms with Crippen LogP contribution in [-0.4, -0.2) is 0 Å². The van der Waals surface area contributed by atoms with E-state index in [1.807, 2.05) is 24.3 Å². The van der Waals surface area contributed by atoms with Gasteiger partial charge in [-0.2, -0.15) is 0 Å². The Kier molecular flexibility index (Phi) is 3.11. The molecule has 0 fully saturated rings. The van der Waals surface area contributed by atoms with Gasteiger partial charge in [0.05, 0.1) is 11.7 Å². The van der Waals surface area contributed by atoms with Gasteiger partial charge in [0, 0.05) is 10.4 Å². The highest BCUT2D eigenvalue weighted by Gasteiger charge is 2.39. The van der Waals surface area contributed by atoms with Gasteiger partial charge in [-0.05, 0) is 35.6 Å². The normalized spacial score (nSPS) is 26.1. The number of para-hydroxylation sites is 1. The van der Waals surface area contributed by atoms with Gasteiger partial charge in [0.25, 0.3) is 0 Å². The molecule has 1 aliphatic heterocycles. The number of fused-ring (bicyclic) bond motifs is 3. The molecule has 0 saturated carbocycles. The van der Waals surface area contributed by atoms with Crippen LogP contribution in [0.15, 0.2) is 59.1 Å². The molecule has 21 heavy (non-hydrogen) atoms. The predicted octanol–water partition coefficient (Wildman–Crippen LogP) is 5.41. The fraction of sp³-hybridized carbons (Fsp3) is 0.222. The Hall–Kier alpha value is -1.61. The van der Waals surface area contributed by atoms with Crippen LogP contribution in [0.25, 0.3) is 0 Å². The van der Waals surface area contributed by atoms with Gasteiger partial charge in [-0.15, -0.1) is 0 Å². The third-order valence-corrected chi connectivity index (χ3v) is 5.31. The van der Waals surface area contributed by atoms with E-state index in [9.17, 15) is 4.39 Å². The molecule has 0 amide bonds. The highest BCUT2D eigenvalue weighted by Crippen LogP contribution is 2.51. The van der Waals surface area contributed by atoms with Gasteiger partial charge >= 0.3 is 0 Å². The Balaban J connectivity index is 1.85. The summed E-state index contributed by atoms with van der Waals surface area (Å²) in [6.45, 7) is 0. The van der Waals surface area contributed by atoms with Crippen molar-refractivity contribution in [1.82, 2.24) is 0 Å². The minimum Gasteiger partial charge on any atom is -0.375 e. The average molecular weight is 344 g/mol. The quantitative estimate of drug-likeness (QED) is 0.682. The molecule has 106 valence electrons. The van der Waals surface area contributed by atoms with E-state index in [-0.39, 0.29) is 11.9 Å². The number of halogens is 2. The minimum atomic E-state index is -0.164. The average Bonchev–Trinajstić information content (AvgIpc) is 2.97. The molecule has 3 atom stereocenters. The first-order valence-corrected chi connectivity index (χ1v) is 8.01. The maximum atomic E-state index is 14.2. The van der Waals surface area contributed by atoms with Crippen molar-refractivity contribution < 1.29 is 4.39 Å². The molecule has 1 nitrogen and oxygen atoms in total. The van der Waals surface area contributed by atoms with Crippen LogP contribution in [0.5, 0.6) is 0 Å². The van der Waals surface area contributed by atoms with Gasteiger partial charge < -0.3 is 5.32 Å². The molecular formula is C18H15BrFN. The number of hydrogen-bond donors (Lipinski definition) is 1. The molecule has 4 rings (SSSR count). The molecule has 2 aliphatic rings. The lowest BCUT2D eigenvalue weighted by atomic mass is 9.77. The van der Waals surface area contributed by atoms with Crippen molar-refractivity contribution in [3.63, 3.8) is 0 Å². The van der Waals surface area contributed by atoms with Crippen molar-refractivity contribution in [2.45, 2.75) is 18.4 Å². The third kappa shape index (κ3) is 2.03. The SMILES string of the molecule is Fc1cccc2c1N[C@H](c1ccccc1Br)[C@@H]1CC=C[C@@H]21. The van der Waals surface area contributed by atoms with E-state index < -0.39 is 0 Å². The monoisotopic (exact) mass is 343 g/mol. The largest absolute Gasteiger partial charge is 0.375 e. The lowest BCUT2D eigenvalue weighted by Crippen LogP contribution is -2.29. The zero-order valence-electron chi connectivity index (χ0n) is 11.4. The van der Waals surface area contributed by atoms with Crippen LogP contribution in [0.4, 0.5) is 10.1 Å². The molecule has 2 aromatic rings. The minimum absolute atomic E-state index is 0.130. The van der Waals surface area contributed by atoms with Crippen LogP contribution >= 0.6 is 15.9 Å². The Morgan fingerprint density at radius 2 is 1.86 bits per heavy atom. The summed E-state index contributed by atoms with van der Waals surface area (Å²) in [5.41, 5.74) is 2.94. The van der Waals surface area contributed by atoms with Crippen LogP contribution in [0, 0.1) is 11.7 Å². The second-order valence-corrected chi connectivity index (χ2v) is 6.56. The molecule has 3 heteroatoms. The van der Waals surface area contributed by atoms with Crippen molar-refractivity contribution in [3.05, 3.63) is 76.0 Å². The van der Waals surface area contributed by atoms with E-state index in [1.165, 1.54) is 11.6 Å². The van der Waals surface area contributed by atoms with Crippen molar-refractivity contribution in [2.75, 3.05) is 5.32 Å². The zero-order valence-corrected chi connectivity index (χ0v) is 13.0. The number of allylic oxidation sites excluding steroid dienone is 2. The molecular weight excluding hydrogens is 329 g/mol. The Labute approximate surface area is 132 Å². The zero-order chi connectivity index (χ0) is 14.4. The van der Waals surface area contributed by atoms with Gasteiger partial charge in [-0.1, -0.05) is 58.4 Å². The van der Waals surface area contributed by atoms with E-state index in [1.54, 1.807) is 6.07 Å². The molecule has 0 unspecified atom stereocenters. The van der Waals surface area contributed by atoms with Crippen LogP contribution in [0.2, 0.25) is 0 Å². The summed E-state index contributed by atoms with van der Waals surface area (Å²) < 4.78 is 15.3. The molecule has 0 spiro atoms. The van der Waals surface area contributed by atoms with E-state index in [0.29, 0.717) is 17.5 Å². The van der Waals surface area contributed by atoms with E-state index in [4.69, 9.17) is 0 Å². The summed E-state index contributed by atoms with van der Waals surface area (Å²) in [6, 6.07) is 13.7. The summed E-state index contributed by atoms with van der Waals surface area (Å²) in [6.07, 6.45) is 5.48. The van der Waals surface area contributed by atoms with E-state index in [2.05, 4.69) is 39.5 Å². The van der Waals surface area contributed by atoms with Gasteiger partial charge in [-0.3, -0.25) is 0 Å². The molecule has 0 radical (unpaired) electrons. The van der Waals surface area contributed by atoms with Crippen molar-refractivity contribution in [2.24, 2.45) is 5.92 Å². The van der Waals surface area contributed by atoms with Gasteiger partial charge in [0.15, 0.2) is 0 Å². The topological polar surface area (TPSA) is 12.0 Å². The number of benzene rings is 2. The van der Waals surface area contributed by atoms with Crippen LogP contribution in [0.3, 0.4) is 0 Å². The molecule has 1 aliphatic carbocycles. The molecule has 0 aromatic heterocycles. The second-order valence-electron chi connectivity index (χ2n) is 5.70. The first-order valence-electron chi connectivity index (χ1n) is 7.22. The molecule has 1 heterocycles. The summed E-state index contributed by atoms with van der Waals surface area (Å²) in [5.74, 6) is 0.579. The fourth-order valence-electron chi connectivity index (χ4n) is 3.62. The first kappa shape index (κ1) is 13.1. The lowest BCUT2D eigenvalue weighted by molar-refractivity contribution is 0.420. The smallest absolute Gasteiger partial charge is 0.146 e. The van der Waals surface area contributed by atoms with Crippen molar-refractivity contribution in [3.8, 4) is 0 Å². The summed E-state index contributed by atoms with van der Waals surface area (Å²) in [4.78, 5) is 0. The summed E-state index contributed by atoms with van der Waals surface area (Å²) in [7, 11) is 0. The van der Waals surface area contributed by atoms with Crippen molar-refractivity contribution >= 4 is 21.6 Å². The molecule has 0 bridgehead atoms. The molecule has 0 saturated heterocycles. The highest BCUT2D eigenvalue weighted by atomic mass is 79.9. The second kappa shape index (κ2) is 4.99. The van der Waals surface area contributed by atoms with Gasteiger partial charge in [-0.25, -0.2) is 4.39 Å². The fourth-order valence-corrected chi connectivity index (χ4v) is 4.15. The number of rotatable bonds is 1. The number of nitrogens with one attached hydrogen (secondary N) is 1. The predicted molar refractivity (Wildman–Crippen MR) is 86.9 cm³/mol. The molecule has 1 N–H and O–H groups in total. The Bertz CT molecular complexity index is 725. The van der Waals surface area contributed by atoms with Gasteiger partial charge in [0.2, 0.25) is 0 Å². The Morgan fingerprint density at radius 1 is 1.05 bits per heavy atom. The third-order valence-electron chi connectivity index (χ3n) is 4.59. The van der Waals surface area contributed by atoms with Crippen LogP contribution in [0.1, 0.15) is 29.5 Å². The summed E-state index contributed by atoms with van der Waals surface area (Å²) >= 11 is 3.63. The Morgan fingerprint density at radius 3 is 2.71 bits per heavy atom. The molecule has 2 aromatic carbocycles. The van der Waals surface area contributed by atoms with Crippen LogP contribution < -0.4 is 5.32 Å². The van der Waals surface area contributed by atoms with E-state index in [0.717, 1.165) is 16.5 Å². The van der Waals surface area contributed by atoms with Crippen LogP contribution in [-0.2, 0) is 0 Å². The van der Waals surface area contributed by atoms with E-state index >= 15 is 0 Å².